The molecule has 5 heteroatoms. The van der Waals surface area contributed by atoms with Gasteiger partial charge in [0.05, 0.1) is 0 Å². The zero-order valence-corrected chi connectivity index (χ0v) is 8.08. The molecule has 1 aromatic heterocycles. The summed E-state index contributed by atoms with van der Waals surface area (Å²) in [4.78, 5) is 3.94. The molecule has 1 aromatic rings. The zero-order chi connectivity index (χ0) is 9.14. The van der Waals surface area contributed by atoms with E-state index in [0.717, 1.165) is 10.0 Å². The van der Waals surface area contributed by atoms with Crippen LogP contribution in [-0.4, -0.2) is 11.5 Å². The summed E-state index contributed by atoms with van der Waals surface area (Å²) in [5, 5.41) is 0. The lowest BCUT2D eigenvalue weighted by molar-refractivity contribution is 0.735. The Kier molecular flexibility index (Phi) is 3.02. The minimum atomic E-state index is -0.241. The van der Waals surface area contributed by atoms with E-state index < -0.39 is 0 Å². The van der Waals surface area contributed by atoms with Gasteiger partial charge < -0.3 is 17.2 Å². The van der Waals surface area contributed by atoms with Crippen molar-refractivity contribution < 1.29 is 0 Å². The predicted octanol–water partition coefficient (Wildman–Crippen LogP) is 0.385. The van der Waals surface area contributed by atoms with Gasteiger partial charge in [-0.1, -0.05) is 0 Å². The Hall–Kier alpha value is -0.650. The molecule has 0 aliphatic heterocycles. The standard InChI is InChI=1S/C7H11BrN4/c8-4-1-5(6(10)2-9)7(11)12-3-4/h1,3,6H,2,9-10H2,(H2,11,12)/t6-/m1/s1. The highest BCUT2D eigenvalue weighted by molar-refractivity contribution is 9.10. The summed E-state index contributed by atoms with van der Waals surface area (Å²) in [5.41, 5.74) is 17.5. The number of nitrogen functional groups attached to an aromatic ring is 1. The summed E-state index contributed by atoms with van der Waals surface area (Å²) < 4.78 is 0.857. The molecule has 66 valence electrons. The maximum Gasteiger partial charge on any atom is 0.128 e. The number of hydrogen-bond acceptors (Lipinski definition) is 4. The number of nitrogens with zero attached hydrogens (tertiary/aromatic N) is 1. The van der Waals surface area contributed by atoms with Crippen LogP contribution in [0.3, 0.4) is 0 Å². The molecule has 0 unspecified atom stereocenters. The van der Waals surface area contributed by atoms with Gasteiger partial charge in [-0.25, -0.2) is 4.98 Å². The van der Waals surface area contributed by atoms with Gasteiger partial charge in [0.2, 0.25) is 0 Å². The molecule has 1 heterocycles. The van der Waals surface area contributed by atoms with Gasteiger partial charge in [-0.05, 0) is 22.0 Å². The minimum absolute atomic E-state index is 0.241. The average molecular weight is 231 g/mol. The molecular weight excluding hydrogens is 220 g/mol. The third-order valence-corrected chi connectivity index (χ3v) is 2.00. The van der Waals surface area contributed by atoms with Gasteiger partial charge in [0.15, 0.2) is 0 Å². The molecule has 0 fully saturated rings. The smallest absolute Gasteiger partial charge is 0.128 e. The molecule has 0 aromatic carbocycles. The molecule has 0 radical (unpaired) electrons. The second-order valence-electron chi connectivity index (χ2n) is 2.47. The lowest BCUT2D eigenvalue weighted by Gasteiger charge is -2.10. The third kappa shape index (κ3) is 1.94. The normalized spacial score (nSPS) is 12.9. The first-order chi connectivity index (χ1) is 5.65. The lowest BCUT2D eigenvalue weighted by atomic mass is 10.1. The predicted molar refractivity (Wildman–Crippen MR) is 52.3 cm³/mol. The van der Waals surface area contributed by atoms with Gasteiger partial charge in [0, 0.05) is 28.8 Å². The van der Waals surface area contributed by atoms with Crippen LogP contribution in [0, 0.1) is 0 Å². The van der Waals surface area contributed by atoms with Crippen molar-refractivity contribution in [2.45, 2.75) is 6.04 Å². The maximum absolute atomic E-state index is 5.70. The number of pyridine rings is 1. The first-order valence-electron chi connectivity index (χ1n) is 3.51. The number of hydrogen-bond donors (Lipinski definition) is 3. The van der Waals surface area contributed by atoms with Gasteiger partial charge in [-0.2, -0.15) is 0 Å². The molecule has 6 N–H and O–H groups in total. The van der Waals surface area contributed by atoms with Crippen molar-refractivity contribution in [1.82, 2.24) is 4.98 Å². The number of aromatic nitrogens is 1. The van der Waals surface area contributed by atoms with Crippen molar-refractivity contribution in [3.8, 4) is 0 Å². The number of nitrogens with two attached hydrogens (primary N) is 3. The molecular formula is C7H11BrN4. The Bertz CT molecular complexity index is 276. The fourth-order valence-corrected chi connectivity index (χ4v) is 1.24. The molecule has 4 nitrogen and oxygen atoms in total. The first kappa shape index (κ1) is 9.44. The quantitative estimate of drug-likeness (QED) is 0.686. The minimum Gasteiger partial charge on any atom is -0.383 e. The van der Waals surface area contributed by atoms with Crippen molar-refractivity contribution in [1.29, 1.82) is 0 Å². The number of anilines is 1. The van der Waals surface area contributed by atoms with E-state index in [4.69, 9.17) is 17.2 Å². The van der Waals surface area contributed by atoms with Crippen LogP contribution in [0.5, 0.6) is 0 Å². The summed E-state index contributed by atoms with van der Waals surface area (Å²) in [5.74, 6) is 0.441. The highest BCUT2D eigenvalue weighted by Crippen LogP contribution is 2.19. The number of rotatable bonds is 2. The summed E-state index contributed by atoms with van der Waals surface area (Å²) in [6.07, 6.45) is 1.63. The molecule has 12 heavy (non-hydrogen) atoms. The van der Waals surface area contributed by atoms with E-state index >= 15 is 0 Å². The Morgan fingerprint density at radius 3 is 2.83 bits per heavy atom. The van der Waals surface area contributed by atoms with Crippen molar-refractivity contribution in [3.63, 3.8) is 0 Å². The molecule has 0 saturated heterocycles. The van der Waals surface area contributed by atoms with Crippen LogP contribution in [0.15, 0.2) is 16.7 Å². The van der Waals surface area contributed by atoms with E-state index in [1.54, 1.807) is 6.20 Å². The van der Waals surface area contributed by atoms with Gasteiger partial charge in [0.1, 0.15) is 5.82 Å². The van der Waals surface area contributed by atoms with E-state index in [0.29, 0.717) is 12.4 Å². The summed E-state index contributed by atoms with van der Waals surface area (Å²) >= 11 is 3.28. The van der Waals surface area contributed by atoms with Gasteiger partial charge in [-0.15, -0.1) is 0 Å². The third-order valence-electron chi connectivity index (χ3n) is 1.57. The molecule has 0 aliphatic rings. The van der Waals surface area contributed by atoms with Gasteiger partial charge in [0.25, 0.3) is 0 Å². The Labute approximate surface area is 79.3 Å². The molecule has 0 amide bonds. The second-order valence-corrected chi connectivity index (χ2v) is 3.39. The highest BCUT2D eigenvalue weighted by Gasteiger charge is 2.08. The molecule has 0 spiro atoms. The van der Waals surface area contributed by atoms with E-state index in [1.165, 1.54) is 0 Å². The SMILES string of the molecule is NC[C@@H](N)c1cc(Br)cnc1N. The molecule has 0 bridgehead atoms. The average Bonchev–Trinajstić information content (AvgIpc) is 2.08. The van der Waals surface area contributed by atoms with Crippen molar-refractivity contribution >= 4 is 21.7 Å². The van der Waals surface area contributed by atoms with Crippen LogP contribution < -0.4 is 17.2 Å². The number of halogens is 1. The van der Waals surface area contributed by atoms with Crippen molar-refractivity contribution in [2.75, 3.05) is 12.3 Å². The summed E-state index contributed by atoms with van der Waals surface area (Å²) in [6.45, 7) is 0.363. The van der Waals surface area contributed by atoms with E-state index in [-0.39, 0.29) is 6.04 Å². The Balaban J connectivity index is 3.04. The largest absolute Gasteiger partial charge is 0.383 e. The van der Waals surface area contributed by atoms with Gasteiger partial charge >= 0.3 is 0 Å². The van der Waals surface area contributed by atoms with E-state index in [2.05, 4.69) is 20.9 Å². The van der Waals surface area contributed by atoms with Crippen molar-refractivity contribution in [2.24, 2.45) is 11.5 Å². The summed E-state index contributed by atoms with van der Waals surface area (Å²) in [7, 11) is 0. The van der Waals surface area contributed by atoms with Crippen LogP contribution >= 0.6 is 15.9 Å². The Morgan fingerprint density at radius 2 is 2.25 bits per heavy atom. The van der Waals surface area contributed by atoms with E-state index in [9.17, 15) is 0 Å². The van der Waals surface area contributed by atoms with E-state index in [1.807, 2.05) is 6.07 Å². The van der Waals surface area contributed by atoms with Crippen LogP contribution in [-0.2, 0) is 0 Å². The van der Waals surface area contributed by atoms with Crippen LogP contribution in [0.4, 0.5) is 5.82 Å². The lowest BCUT2D eigenvalue weighted by Crippen LogP contribution is -2.22. The maximum atomic E-state index is 5.70. The van der Waals surface area contributed by atoms with Gasteiger partial charge in [-0.3, -0.25) is 0 Å². The molecule has 1 rings (SSSR count). The first-order valence-corrected chi connectivity index (χ1v) is 4.31. The molecule has 0 aliphatic carbocycles. The fraction of sp³-hybridized carbons (Fsp3) is 0.286. The fourth-order valence-electron chi connectivity index (χ4n) is 0.889. The highest BCUT2D eigenvalue weighted by atomic mass is 79.9. The summed E-state index contributed by atoms with van der Waals surface area (Å²) in [6, 6.07) is 1.59. The second kappa shape index (κ2) is 3.84. The van der Waals surface area contributed by atoms with Crippen LogP contribution in [0.1, 0.15) is 11.6 Å². The van der Waals surface area contributed by atoms with Crippen LogP contribution in [0.25, 0.3) is 0 Å². The molecule has 0 saturated carbocycles. The molecule has 1 atom stereocenters. The zero-order valence-electron chi connectivity index (χ0n) is 6.50. The Morgan fingerprint density at radius 1 is 1.58 bits per heavy atom. The van der Waals surface area contributed by atoms with Crippen molar-refractivity contribution in [3.05, 3.63) is 22.3 Å². The monoisotopic (exact) mass is 230 g/mol. The topological polar surface area (TPSA) is 91.0 Å². The van der Waals surface area contributed by atoms with Crippen LogP contribution in [0.2, 0.25) is 0 Å².